The minimum Gasteiger partial charge on any atom is -0.392 e. The standard InChI is InChI=1S/C25H25ClN6O/c1-2-25(18-11-6-7-12-19(18)26)28-14-13-20(30-25)31-15-8-16-32-23(33)21(27)22(29-24(31)32)17-9-4-3-5-10-17/h3-7,9-14,30H,2,8,15-16,27H2,1H3. The molecule has 7 nitrogen and oxygen atoms in total. The van der Waals surface area contributed by atoms with Gasteiger partial charge in [0.25, 0.3) is 5.56 Å². The lowest BCUT2D eigenvalue weighted by molar-refractivity contribution is 0.357. The Balaban J connectivity index is 1.59. The maximum atomic E-state index is 13.2. The van der Waals surface area contributed by atoms with Crippen LogP contribution in [0, 0.1) is 0 Å². The fourth-order valence-corrected chi connectivity index (χ4v) is 4.77. The molecule has 0 aliphatic carbocycles. The van der Waals surface area contributed by atoms with E-state index in [1.807, 2.05) is 65.6 Å². The van der Waals surface area contributed by atoms with Crippen molar-refractivity contribution in [2.45, 2.75) is 32.0 Å². The van der Waals surface area contributed by atoms with Crippen LogP contribution in [0.5, 0.6) is 0 Å². The third kappa shape index (κ3) is 3.58. The van der Waals surface area contributed by atoms with Crippen LogP contribution in [-0.2, 0) is 12.2 Å². The van der Waals surface area contributed by atoms with E-state index in [1.165, 1.54) is 0 Å². The van der Waals surface area contributed by atoms with Crippen LogP contribution in [0.15, 0.2) is 76.3 Å². The summed E-state index contributed by atoms with van der Waals surface area (Å²) in [5, 5.41) is 4.25. The number of rotatable bonds is 4. The van der Waals surface area contributed by atoms with E-state index >= 15 is 0 Å². The Hall–Kier alpha value is -3.58. The summed E-state index contributed by atoms with van der Waals surface area (Å²) in [4.78, 5) is 24.9. The van der Waals surface area contributed by atoms with E-state index in [9.17, 15) is 4.79 Å². The molecule has 0 saturated heterocycles. The van der Waals surface area contributed by atoms with Gasteiger partial charge >= 0.3 is 0 Å². The Labute approximate surface area is 197 Å². The first-order chi connectivity index (χ1) is 16.0. The number of allylic oxidation sites excluding steroid dienone is 1. The Morgan fingerprint density at radius 3 is 2.64 bits per heavy atom. The Morgan fingerprint density at radius 1 is 1.12 bits per heavy atom. The molecule has 8 heteroatoms. The summed E-state index contributed by atoms with van der Waals surface area (Å²) >= 11 is 6.55. The van der Waals surface area contributed by atoms with Crippen LogP contribution in [0.1, 0.15) is 25.3 Å². The molecule has 2 aliphatic heterocycles. The van der Waals surface area contributed by atoms with E-state index in [0.717, 1.165) is 23.4 Å². The minimum absolute atomic E-state index is 0.165. The van der Waals surface area contributed by atoms with Gasteiger partial charge in [-0.1, -0.05) is 67.1 Å². The highest BCUT2D eigenvalue weighted by molar-refractivity contribution is 6.31. The van der Waals surface area contributed by atoms with Gasteiger partial charge in [-0.2, -0.15) is 0 Å². The van der Waals surface area contributed by atoms with Crippen LogP contribution in [-0.4, -0.2) is 22.3 Å². The lowest BCUT2D eigenvalue weighted by atomic mass is 9.96. The molecule has 0 bridgehead atoms. The molecule has 0 spiro atoms. The zero-order chi connectivity index (χ0) is 23.0. The quantitative estimate of drug-likeness (QED) is 0.611. The second-order valence-corrected chi connectivity index (χ2v) is 8.56. The average molecular weight is 461 g/mol. The highest BCUT2D eigenvalue weighted by Gasteiger charge is 2.36. The highest BCUT2D eigenvalue weighted by Crippen LogP contribution is 2.36. The number of aromatic nitrogens is 2. The number of anilines is 2. The van der Waals surface area contributed by atoms with Crippen molar-refractivity contribution in [3.05, 3.63) is 87.4 Å². The van der Waals surface area contributed by atoms with Crippen LogP contribution in [0.3, 0.4) is 0 Å². The number of nitrogens with one attached hydrogen (secondary N) is 1. The third-order valence-corrected chi connectivity index (χ3v) is 6.55. The summed E-state index contributed by atoms with van der Waals surface area (Å²) in [7, 11) is 0. The molecule has 33 heavy (non-hydrogen) atoms. The molecule has 3 N–H and O–H groups in total. The highest BCUT2D eigenvalue weighted by atomic mass is 35.5. The zero-order valence-electron chi connectivity index (χ0n) is 18.3. The van der Waals surface area contributed by atoms with Crippen LogP contribution >= 0.6 is 11.6 Å². The smallest absolute Gasteiger partial charge is 0.278 e. The van der Waals surface area contributed by atoms with Crippen molar-refractivity contribution in [2.24, 2.45) is 4.99 Å². The normalized spacial score (nSPS) is 19.6. The molecule has 1 atom stereocenters. The number of halogens is 1. The van der Waals surface area contributed by atoms with Crippen molar-refractivity contribution in [1.29, 1.82) is 0 Å². The van der Waals surface area contributed by atoms with Gasteiger partial charge in [-0.3, -0.25) is 19.3 Å². The summed E-state index contributed by atoms with van der Waals surface area (Å²) < 4.78 is 1.66. The second-order valence-electron chi connectivity index (χ2n) is 8.15. The molecule has 3 aromatic rings. The SMILES string of the molecule is CCC1(c2ccccc2Cl)N=CC=C(N2CCCn3c2nc(-c2ccccc2)c(N)c3=O)N1. The van der Waals surface area contributed by atoms with Crippen molar-refractivity contribution < 1.29 is 0 Å². The lowest BCUT2D eigenvalue weighted by Gasteiger charge is -2.40. The molecule has 1 unspecified atom stereocenters. The molecule has 0 fully saturated rings. The third-order valence-electron chi connectivity index (χ3n) is 6.22. The van der Waals surface area contributed by atoms with Crippen molar-refractivity contribution in [3.63, 3.8) is 0 Å². The Morgan fingerprint density at radius 2 is 1.88 bits per heavy atom. The molecular weight excluding hydrogens is 436 g/mol. The summed E-state index contributed by atoms with van der Waals surface area (Å²) in [5.74, 6) is 1.38. The molecule has 2 aliphatic rings. The molecular formula is C25H25ClN6O. The first-order valence-electron chi connectivity index (χ1n) is 11.1. The van der Waals surface area contributed by atoms with Crippen molar-refractivity contribution in [2.75, 3.05) is 17.2 Å². The fraction of sp³-hybridized carbons (Fsp3) is 0.240. The monoisotopic (exact) mass is 460 g/mol. The van der Waals surface area contributed by atoms with Crippen LogP contribution in [0.2, 0.25) is 5.02 Å². The minimum atomic E-state index is -0.707. The number of hydrogen-bond donors (Lipinski definition) is 2. The maximum absolute atomic E-state index is 13.2. The molecule has 0 saturated carbocycles. The van der Waals surface area contributed by atoms with E-state index < -0.39 is 5.66 Å². The number of benzene rings is 2. The molecule has 168 valence electrons. The maximum Gasteiger partial charge on any atom is 0.278 e. The number of fused-ring (bicyclic) bond motifs is 1. The van der Waals surface area contributed by atoms with E-state index in [2.05, 4.69) is 12.2 Å². The van der Waals surface area contributed by atoms with Crippen molar-refractivity contribution >= 4 is 29.5 Å². The van der Waals surface area contributed by atoms with Gasteiger partial charge in [-0.05, 0) is 25.0 Å². The van der Waals surface area contributed by atoms with E-state index in [4.69, 9.17) is 27.3 Å². The molecule has 1 aromatic heterocycles. The summed E-state index contributed by atoms with van der Waals surface area (Å²) in [5.41, 5.74) is 7.69. The van der Waals surface area contributed by atoms with Gasteiger partial charge in [0.05, 0.1) is 0 Å². The van der Waals surface area contributed by atoms with E-state index in [-0.39, 0.29) is 11.2 Å². The van der Waals surface area contributed by atoms with E-state index in [1.54, 1.807) is 10.8 Å². The zero-order valence-corrected chi connectivity index (χ0v) is 19.1. The molecule has 2 aromatic carbocycles. The van der Waals surface area contributed by atoms with Gasteiger partial charge in [0.2, 0.25) is 5.95 Å². The average Bonchev–Trinajstić information content (AvgIpc) is 2.86. The largest absolute Gasteiger partial charge is 0.392 e. The van der Waals surface area contributed by atoms with Crippen LogP contribution < -0.4 is 21.5 Å². The number of nitrogen functional groups attached to an aromatic ring is 1. The van der Waals surface area contributed by atoms with Crippen LogP contribution in [0.4, 0.5) is 11.6 Å². The van der Waals surface area contributed by atoms with Crippen molar-refractivity contribution in [1.82, 2.24) is 14.9 Å². The van der Waals surface area contributed by atoms with Crippen molar-refractivity contribution in [3.8, 4) is 11.3 Å². The summed E-state index contributed by atoms with van der Waals surface area (Å²) in [6.07, 6.45) is 5.19. The van der Waals surface area contributed by atoms with Gasteiger partial charge in [0.15, 0.2) is 5.66 Å². The number of nitrogens with two attached hydrogens (primary N) is 1. The van der Waals surface area contributed by atoms with Gasteiger partial charge in [0.1, 0.15) is 17.2 Å². The van der Waals surface area contributed by atoms with Gasteiger partial charge in [0, 0.05) is 35.5 Å². The summed E-state index contributed by atoms with van der Waals surface area (Å²) in [6.45, 7) is 3.35. The number of aliphatic imine (C=N–C) groups is 1. The molecule has 3 heterocycles. The van der Waals surface area contributed by atoms with Gasteiger partial charge in [-0.15, -0.1) is 0 Å². The number of hydrogen-bond acceptors (Lipinski definition) is 6. The molecule has 0 amide bonds. The second kappa shape index (κ2) is 8.41. The fourth-order valence-electron chi connectivity index (χ4n) is 4.48. The Kier molecular flexibility index (Phi) is 5.42. The van der Waals surface area contributed by atoms with E-state index in [0.29, 0.717) is 36.2 Å². The van der Waals surface area contributed by atoms with Gasteiger partial charge < -0.3 is 11.1 Å². The number of nitrogens with zero attached hydrogens (tertiary/aromatic N) is 4. The predicted molar refractivity (Wildman–Crippen MR) is 133 cm³/mol. The predicted octanol–water partition coefficient (Wildman–Crippen LogP) is 4.13. The first-order valence-corrected chi connectivity index (χ1v) is 11.4. The Bertz CT molecular complexity index is 1320. The first kappa shape index (κ1) is 21.3. The van der Waals surface area contributed by atoms with Gasteiger partial charge in [-0.25, -0.2) is 4.98 Å². The lowest BCUT2D eigenvalue weighted by Crippen LogP contribution is -2.49. The van der Waals surface area contributed by atoms with Crippen LogP contribution in [0.25, 0.3) is 11.3 Å². The molecule has 0 radical (unpaired) electrons. The topological polar surface area (TPSA) is 88.5 Å². The molecule has 5 rings (SSSR count). The summed E-state index contributed by atoms with van der Waals surface area (Å²) in [6, 6.07) is 17.3.